The maximum atomic E-state index is 11.9. The Hall–Kier alpha value is 3.01. The number of aliphatic hydroxyl groups is 1. The first-order valence-corrected chi connectivity index (χ1v) is 11.7. The van der Waals surface area contributed by atoms with Crippen molar-refractivity contribution in [3.05, 3.63) is 32.6 Å². The number of nitrogens with zero attached hydrogens (tertiary/aromatic N) is 1. The average molecular weight is 572 g/mol. The van der Waals surface area contributed by atoms with E-state index in [0.29, 0.717) is 0 Å². The van der Waals surface area contributed by atoms with Gasteiger partial charge in [-0.2, -0.15) is 0 Å². The molecule has 0 amide bonds. The minimum Gasteiger partial charge on any atom is -0.790 e. The number of phosphoric acid groups is 3. The second-order valence-corrected chi connectivity index (χ2v) is 9.80. The van der Waals surface area contributed by atoms with Gasteiger partial charge in [-0.3, -0.25) is 27.8 Å². The number of phosphoric ester groups is 1. The second-order valence-electron chi connectivity index (χ2n) is 5.55. The van der Waals surface area contributed by atoms with Gasteiger partial charge in [-0.25, -0.2) is 9.11 Å². The molecule has 2 rings (SSSR count). The Morgan fingerprint density at radius 3 is 2.24 bits per heavy atom. The number of aryl methyl sites for hydroxylation is 1. The van der Waals surface area contributed by atoms with Crippen molar-refractivity contribution in [3.8, 4) is 0 Å². The molecule has 1 aliphatic heterocycles. The van der Waals surface area contributed by atoms with Gasteiger partial charge in [-0.05, 0) is 6.90 Å². The summed E-state index contributed by atoms with van der Waals surface area (Å²) in [5.74, 6) is 0. The van der Waals surface area contributed by atoms with E-state index in [1.165, 1.54) is 0 Å². The van der Waals surface area contributed by atoms with E-state index >= 15 is 0 Å². The number of H-pyrrole nitrogens is 1. The van der Waals surface area contributed by atoms with Crippen molar-refractivity contribution in [2.24, 2.45) is 0 Å². The van der Waals surface area contributed by atoms with Gasteiger partial charge in [0.15, 0.2) is 0 Å². The molecule has 23 heteroatoms. The molecule has 1 aromatic heterocycles. The summed E-state index contributed by atoms with van der Waals surface area (Å²) in [7, 11) is -18.0. The van der Waals surface area contributed by atoms with E-state index < -0.39 is 66.7 Å². The van der Waals surface area contributed by atoms with Gasteiger partial charge in [0.25, 0.3) is 21.2 Å². The monoisotopic (exact) mass is 572 g/mol. The van der Waals surface area contributed by atoms with Crippen LogP contribution in [0, 0.1) is 6.90 Å². The molecular weight excluding hydrogens is 557 g/mol. The summed E-state index contributed by atoms with van der Waals surface area (Å²) in [6.45, 7) is -1.50. The Kier molecular flexibility index (Phi) is 18.7. The van der Waals surface area contributed by atoms with Crippen molar-refractivity contribution >= 4 is 23.5 Å². The molecule has 2 unspecified atom stereocenters. The predicted octanol–water partition coefficient (Wildman–Crippen LogP) is -15.7. The summed E-state index contributed by atoms with van der Waals surface area (Å²) in [5, 5.41) is 9.95. The smallest absolute Gasteiger partial charge is 0.790 e. The minimum absolute atomic E-state index is 0. The summed E-state index contributed by atoms with van der Waals surface area (Å²) < 4.78 is 56.7. The largest absolute Gasteiger partial charge is 1.00 e. The number of ether oxygens (including phenoxy) is 1. The topological polar surface area (TPSA) is 255 Å². The van der Waals surface area contributed by atoms with Crippen molar-refractivity contribution in [2.45, 2.75) is 31.8 Å². The Morgan fingerprint density at radius 1 is 1.15 bits per heavy atom. The summed E-state index contributed by atoms with van der Waals surface area (Å²) in [4.78, 5) is 68.4. The van der Waals surface area contributed by atoms with E-state index in [2.05, 4.69) is 13.1 Å². The maximum absolute atomic E-state index is 11.9. The van der Waals surface area contributed by atoms with Crippen LogP contribution in [0.1, 0.15) is 19.6 Å². The van der Waals surface area contributed by atoms with E-state index in [9.17, 15) is 48.0 Å². The molecule has 1 aliphatic rings. The molecule has 1 fully saturated rings. The SMILES string of the molecule is [3H]Cc1cn([C@H]2C[C@H](O)[C@@H](COP(=O)([O-])OP(=O)([O-])OP(=O)([O-])[O-])O2)c(=O)[nH]c1=O.[Na+].[Na+].[Na+].[Na+]. The van der Waals surface area contributed by atoms with Crippen molar-refractivity contribution < 1.29 is 176 Å². The number of aromatic amines is 1. The van der Waals surface area contributed by atoms with Crippen LogP contribution in [0.4, 0.5) is 0 Å². The van der Waals surface area contributed by atoms with E-state index in [1.54, 1.807) is 0 Å². The van der Waals surface area contributed by atoms with Gasteiger partial charge in [-0.1, -0.05) is 0 Å². The number of aromatic nitrogens is 2. The molecule has 16 nitrogen and oxygen atoms in total. The fraction of sp³-hybridized carbons (Fsp3) is 0.600. The van der Waals surface area contributed by atoms with Crippen molar-refractivity contribution in [3.63, 3.8) is 0 Å². The number of nitrogens with one attached hydrogen (secondary N) is 1. The summed E-state index contributed by atoms with van der Waals surface area (Å²) in [6.07, 6.45) is -3.31. The van der Waals surface area contributed by atoms with Gasteiger partial charge in [0.05, 0.1) is 20.5 Å². The molecule has 0 aromatic carbocycles. The number of rotatable bonds is 8. The molecule has 0 aliphatic carbocycles. The van der Waals surface area contributed by atoms with Crippen LogP contribution < -0.4 is 149 Å². The quantitative estimate of drug-likeness (QED) is 0.217. The molecule has 0 bridgehead atoms. The van der Waals surface area contributed by atoms with Crippen molar-refractivity contribution in [2.75, 3.05) is 6.61 Å². The number of hydrogen-bond donors (Lipinski definition) is 2. The fourth-order valence-corrected chi connectivity index (χ4v) is 5.09. The third-order valence-electron chi connectivity index (χ3n) is 3.35. The van der Waals surface area contributed by atoms with Crippen LogP contribution in [-0.4, -0.2) is 33.5 Å². The molecule has 5 atom stereocenters. The van der Waals surface area contributed by atoms with Crippen molar-refractivity contribution in [1.29, 1.82) is 0 Å². The first kappa shape index (κ1) is 38.2. The van der Waals surface area contributed by atoms with E-state index in [-0.39, 0.29) is 130 Å². The van der Waals surface area contributed by atoms with E-state index in [1.807, 2.05) is 4.98 Å². The molecule has 166 valence electrons. The van der Waals surface area contributed by atoms with Crippen LogP contribution in [0.3, 0.4) is 0 Å². The second kappa shape index (κ2) is 16.2. The summed E-state index contributed by atoms with van der Waals surface area (Å²) in [6, 6.07) is 0. The van der Waals surface area contributed by atoms with Crippen LogP contribution in [0.2, 0.25) is 0 Å². The third kappa shape index (κ3) is 13.6. The standard InChI is InChI=1S/C10H17N2O14P3.4Na/c1-5-3-12(10(15)11-9(5)14)8-2-6(13)7(24-8)4-23-28(19,20)26-29(21,22)25-27(16,17)18;;;;/h3,6-8,13H,2,4H2,1H3,(H,19,20)(H,21,22)(H,11,14,15)(H2,16,17,18);;;;/q;4*+1/p-4/t6-,7+,8+;;;;/m0..../s1/i1T;;;;. The van der Waals surface area contributed by atoms with Gasteiger partial charge >= 0.3 is 124 Å². The molecule has 0 saturated carbocycles. The first-order chi connectivity index (χ1) is 13.6. The zero-order valence-electron chi connectivity index (χ0n) is 19.0. The molecule has 2 heterocycles. The molecule has 1 saturated heterocycles. The maximum Gasteiger partial charge on any atom is 1.00 e. The first-order valence-electron chi connectivity index (χ1n) is 8.01. The Bertz CT molecular complexity index is 1050. The normalized spacial score (nSPS) is 23.9. The van der Waals surface area contributed by atoms with Gasteiger partial charge in [0, 0.05) is 19.6 Å². The van der Waals surface area contributed by atoms with Crippen LogP contribution in [0.25, 0.3) is 0 Å². The molecule has 33 heavy (non-hydrogen) atoms. The summed E-state index contributed by atoms with van der Waals surface area (Å²) in [5.41, 5.74) is -1.82. The molecule has 2 N–H and O–H groups in total. The zero-order valence-corrected chi connectivity index (χ0v) is 28.7. The van der Waals surface area contributed by atoms with E-state index in [4.69, 9.17) is 6.11 Å². The van der Waals surface area contributed by atoms with Crippen molar-refractivity contribution in [1.82, 2.24) is 9.55 Å². The third-order valence-corrected chi connectivity index (χ3v) is 7.02. The van der Waals surface area contributed by atoms with Gasteiger partial charge in [-0.15, -0.1) is 0 Å². The molecule has 0 spiro atoms. The predicted molar refractivity (Wildman–Crippen MR) is 81.5 cm³/mol. The van der Waals surface area contributed by atoms with Crippen LogP contribution in [0.15, 0.2) is 15.8 Å². The Balaban J connectivity index is -0.00000240. The average Bonchev–Trinajstić information content (AvgIpc) is 2.90. The van der Waals surface area contributed by atoms with Crippen LogP contribution >= 0.6 is 23.5 Å². The molecule has 1 aromatic rings. The van der Waals surface area contributed by atoms with Gasteiger partial charge in [0.1, 0.15) is 12.3 Å². The molecule has 0 radical (unpaired) electrons. The Morgan fingerprint density at radius 2 is 1.73 bits per heavy atom. The number of hydrogen-bond acceptors (Lipinski definition) is 14. The Labute approximate surface area is 276 Å². The zero-order chi connectivity index (χ0) is 22.9. The van der Waals surface area contributed by atoms with Gasteiger partial charge < -0.3 is 38.5 Å². The van der Waals surface area contributed by atoms with Crippen LogP contribution in [0.5, 0.6) is 0 Å². The fourth-order valence-electron chi connectivity index (χ4n) is 2.23. The van der Waals surface area contributed by atoms with Crippen LogP contribution in [-0.2, 0) is 31.6 Å². The van der Waals surface area contributed by atoms with Gasteiger partial charge in [0.2, 0.25) is 0 Å². The number of aliphatic hydroxyl groups excluding tert-OH is 1. The molecular formula is C10H13N2Na4O14P3. The minimum atomic E-state index is -6.13. The van der Waals surface area contributed by atoms with E-state index in [0.717, 1.165) is 10.8 Å². The summed E-state index contributed by atoms with van der Waals surface area (Å²) >= 11 is 0.